The molecule has 3 N–H and O–H groups in total. The van der Waals surface area contributed by atoms with Crippen LogP contribution in [-0.2, 0) is 9.47 Å². The van der Waals surface area contributed by atoms with Gasteiger partial charge < -0.3 is 24.8 Å². The van der Waals surface area contributed by atoms with Gasteiger partial charge in [0, 0.05) is 41.9 Å². The molecule has 6 rings (SSSR count). The quantitative estimate of drug-likeness (QED) is 0.493. The van der Waals surface area contributed by atoms with Crippen molar-refractivity contribution in [2.45, 2.75) is 109 Å². The minimum Gasteiger partial charge on any atom is -0.393 e. The molecule has 0 amide bonds. The number of hydrogen-bond acceptors (Lipinski definition) is 5. The molecule has 2 heterocycles. The summed E-state index contributed by atoms with van der Waals surface area (Å²) in [7, 11) is 0. The van der Waals surface area contributed by atoms with Crippen molar-refractivity contribution in [3.05, 3.63) is 11.6 Å². The van der Waals surface area contributed by atoms with Crippen LogP contribution in [0.3, 0.4) is 0 Å². The highest BCUT2D eigenvalue weighted by Gasteiger charge is 2.74. The topological polar surface area (TPSA) is 79.2 Å². The van der Waals surface area contributed by atoms with Crippen molar-refractivity contribution in [1.29, 1.82) is 0 Å². The summed E-state index contributed by atoms with van der Waals surface area (Å²) < 4.78 is 13.2. The molecule has 3 saturated carbocycles. The summed E-state index contributed by atoms with van der Waals surface area (Å²) in [5.41, 5.74) is -0.115. The maximum Gasteiger partial charge on any atom is 0.171 e. The van der Waals surface area contributed by atoms with Gasteiger partial charge in [0.2, 0.25) is 0 Å². The second-order valence-electron chi connectivity index (χ2n) is 12.9. The first-order valence-electron chi connectivity index (χ1n) is 13.1. The molecule has 2 aliphatic heterocycles. The highest BCUT2D eigenvalue weighted by atomic mass is 16.7. The van der Waals surface area contributed by atoms with Crippen LogP contribution in [0.25, 0.3) is 0 Å². The molecule has 5 heteroatoms. The smallest absolute Gasteiger partial charge is 0.171 e. The van der Waals surface area contributed by atoms with Crippen molar-refractivity contribution < 1.29 is 24.8 Å². The minimum absolute atomic E-state index is 0.0449. The molecule has 1 spiro atoms. The monoisotopic (exact) mass is 446 g/mol. The summed E-state index contributed by atoms with van der Waals surface area (Å²) in [6, 6.07) is 0. The minimum atomic E-state index is -0.788. The third-order valence-corrected chi connectivity index (χ3v) is 11.6. The summed E-state index contributed by atoms with van der Waals surface area (Å²) in [5, 5.41) is 33.9. The Hall–Kier alpha value is -0.460. The SMILES string of the molecule is C[C@@H]1CC[C@]2(OC1)O[C@H]1C[C@@]3(O)[C@@H]4CC=C5C[C@@H](O)C[C@@H](O)[C@]5(C)[C@H]4CC[C@]3(C)[C@H]1[C@H]2C. The largest absolute Gasteiger partial charge is 0.393 e. The standard InChI is InChI=1S/C27H42O5/c1-15-7-10-27(31-14-15)16(2)23-21(32-27)13-26(30)20-6-5-17-11-18(28)12-22(29)25(17,4)19(20)8-9-24(23,26)3/h5,15-16,18-23,28-30H,6-14H2,1-4H3/t15-,16-,18-,19+,20-,21+,22-,23+,24-,25+,26-,27+/m1/s1. The van der Waals surface area contributed by atoms with Crippen molar-refractivity contribution in [2.75, 3.05) is 6.61 Å². The van der Waals surface area contributed by atoms with Crippen LogP contribution in [-0.4, -0.2) is 51.6 Å². The number of rotatable bonds is 0. The number of allylic oxidation sites excluding steroid dienone is 1. The molecule has 6 aliphatic rings. The third kappa shape index (κ3) is 2.53. The molecule has 0 radical (unpaired) electrons. The first-order chi connectivity index (χ1) is 15.0. The fraction of sp³-hybridized carbons (Fsp3) is 0.926. The van der Waals surface area contributed by atoms with Crippen molar-refractivity contribution in [3.8, 4) is 0 Å². The van der Waals surface area contributed by atoms with Crippen molar-refractivity contribution in [2.24, 2.45) is 40.4 Å². The van der Waals surface area contributed by atoms with Gasteiger partial charge in [-0.2, -0.15) is 0 Å². The zero-order chi connectivity index (χ0) is 22.7. The van der Waals surface area contributed by atoms with Gasteiger partial charge in [-0.05, 0) is 49.9 Å². The Morgan fingerprint density at radius 3 is 2.56 bits per heavy atom. The number of fused-ring (bicyclic) bond motifs is 7. The molecular formula is C27H42O5. The van der Waals surface area contributed by atoms with Crippen LogP contribution in [0.2, 0.25) is 0 Å². The molecule has 0 aromatic heterocycles. The van der Waals surface area contributed by atoms with Gasteiger partial charge in [0.25, 0.3) is 0 Å². The first kappa shape index (κ1) is 22.0. The van der Waals surface area contributed by atoms with Crippen LogP contribution in [0.4, 0.5) is 0 Å². The molecule has 5 nitrogen and oxygen atoms in total. The maximum atomic E-state index is 12.5. The van der Waals surface area contributed by atoms with Crippen LogP contribution in [0.1, 0.15) is 79.1 Å². The van der Waals surface area contributed by atoms with Crippen molar-refractivity contribution >= 4 is 0 Å². The Kier molecular flexibility index (Phi) is 4.69. The van der Waals surface area contributed by atoms with Crippen LogP contribution in [0.15, 0.2) is 11.6 Å². The molecule has 0 aromatic rings. The predicted molar refractivity (Wildman–Crippen MR) is 121 cm³/mol. The molecule has 32 heavy (non-hydrogen) atoms. The van der Waals surface area contributed by atoms with Crippen LogP contribution in [0.5, 0.6) is 0 Å². The number of aliphatic hydroxyl groups is 3. The van der Waals surface area contributed by atoms with Gasteiger partial charge in [-0.3, -0.25) is 0 Å². The van der Waals surface area contributed by atoms with E-state index in [1.807, 2.05) is 0 Å². The molecule has 4 aliphatic carbocycles. The van der Waals surface area contributed by atoms with Gasteiger partial charge in [-0.15, -0.1) is 0 Å². The van der Waals surface area contributed by atoms with Crippen molar-refractivity contribution in [3.63, 3.8) is 0 Å². The van der Waals surface area contributed by atoms with Gasteiger partial charge >= 0.3 is 0 Å². The normalized spacial score (nSPS) is 61.5. The van der Waals surface area contributed by atoms with E-state index < -0.39 is 23.6 Å². The van der Waals surface area contributed by atoms with Gasteiger partial charge in [0.1, 0.15) is 0 Å². The Labute approximate surface area is 192 Å². The average Bonchev–Trinajstić information content (AvgIpc) is 3.13. The lowest BCUT2D eigenvalue weighted by Gasteiger charge is -2.62. The summed E-state index contributed by atoms with van der Waals surface area (Å²) in [5.74, 6) is 1.07. The zero-order valence-corrected chi connectivity index (χ0v) is 20.2. The number of ether oxygens (including phenoxy) is 2. The lowest BCUT2D eigenvalue weighted by atomic mass is 9.44. The van der Waals surface area contributed by atoms with E-state index in [1.54, 1.807) is 0 Å². The molecule has 12 atom stereocenters. The summed E-state index contributed by atoms with van der Waals surface area (Å²) in [4.78, 5) is 0. The second kappa shape index (κ2) is 6.81. The highest BCUT2D eigenvalue weighted by Crippen LogP contribution is 2.72. The van der Waals surface area contributed by atoms with E-state index in [0.29, 0.717) is 31.1 Å². The third-order valence-electron chi connectivity index (χ3n) is 11.6. The van der Waals surface area contributed by atoms with E-state index in [2.05, 4.69) is 33.8 Å². The van der Waals surface area contributed by atoms with E-state index in [4.69, 9.17) is 9.47 Å². The van der Waals surface area contributed by atoms with Crippen LogP contribution < -0.4 is 0 Å². The van der Waals surface area contributed by atoms with Gasteiger partial charge in [0.15, 0.2) is 5.79 Å². The predicted octanol–water partition coefficient (Wildman–Crippen LogP) is 3.80. The highest BCUT2D eigenvalue weighted by molar-refractivity contribution is 5.31. The Bertz CT molecular complexity index is 817. The van der Waals surface area contributed by atoms with Crippen LogP contribution >= 0.6 is 0 Å². The molecule has 0 bridgehead atoms. The van der Waals surface area contributed by atoms with Gasteiger partial charge in [0.05, 0.1) is 30.5 Å². The van der Waals surface area contributed by atoms with Crippen molar-refractivity contribution in [1.82, 2.24) is 0 Å². The van der Waals surface area contributed by atoms with E-state index in [9.17, 15) is 15.3 Å². The molecular weight excluding hydrogens is 404 g/mol. The fourth-order valence-corrected chi connectivity index (χ4v) is 9.69. The van der Waals surface area contributed by atoms with E-state index >= 15 is 0 Å². The Balaban J connectivity index is 1.34. The molecule has 5 fully saturated rings. The second-order valence-corrected chi connectivity index (χ2v) is 12.9. The van der Waals surface area contributed by atoms with Crippen LogP contribution in [0, 0.1) is 40.4 Å². The summed E-state index contributed by atoms with van der Waals surface area (Å²) in [6.45, 7) is 9.83. The van der Waals surface area contributed by atoms with Gasteiger partial charge in [-0.25, -0.2) is 0 Å². The number of aliphatic hydroxyl groups excluding tert-OH is 2. The van der Waals surface area contributed by atoms with E-state index in [1.165, 1.54) is 5.57 Å². The lowest BCUT2D eigenvalue weighted by molar-refractivity contribution is -0.280. The molecule has 180 valence electrons. The van der Waals surface area contributed by atoms with Gasteiger partial charge in [-0.1, -0.05) is 39.3 Å². The summed E-state index contributed by atoms with van der Waals surface area (Å²) in [6.07, 6.45) is 8.01. The zero-order valence-electron chi connectivity index (χ0n) is 20.2. The fourth-order valence-electron chi connectivity index (χ4n) is 9.69. The molecule has 2 saturated heterocycles. The maximum absolute atomic E-state index is 12.5. The first-order valence-corrected chi connectivity index (χ1v) is 13.1. The molecule has 0 aromatic carbocycles. The molecule has 0 unspecified atom stereocenters. The summed E-state index contributed by atoms with van der Waals surface area (Å²) >= 11 is 0. The number of hydrogen-bond donors (Lipinski definition) is 3. The lowest BCUT2D eigenvalue weighted by Crippen LogP contribution is -2.63. The Morgan fingerprint density at radius 2 is 1.84 bits per heavy atom. The van der Waals surface area contributed by atoms with E-state index in [-0.39, 0.29) is 34.7 Å². The average molecular weight is 447 g/mol. The van der Waals surface area contributed by atoms with E-state index in [0.717, 1.165) is 38.7 Å². The Morgan fingerprint density at radius 1 is 1.06 bits per heavy atom.